The molecule has 0 saturated carbocycles. The van der Waals surface area contributed by atoms with Gasteiger partial charge in [-0.25, -0.2) is 0 Å². The van der Waals surface area contributed by atoms with Crippen molar-refractivity contribution in [3.63, 3.8) is 0 Å². The molecule has 8 heteroatoms. The van der Waals surface area contributed by atoms with Crippen molar-refractivity contribution in [1.29, 1.82) is 0 Å². The highest BCUT2D eigenvalue weighted by Crippen LogP contribution is 2.32. The van der Waals surface area contributed by atoms with E-state index in [1.165, 1.54) is 0 Å². The van der Waals surface area contributed by atoms with Gasteiger partial charge in [0.15, 0.2) is 11.5 Å². The molecule has 1 saturated heterocycles. The predicted molar refractivity (Wildman–Crippen MR) is 98.5 cm³/mol. The molecule has 0 aliphatic carbocycles. The second kappa shape index (κ2) is 9.57. The summed E-state index contributed by atoms with van der Waals surface area (Å²) in [4.78, 5) is 28.2. The SMILES string of the molecule is COCCCNC(=O)CC(=O)N1CCN(Cc2ccc3c(c2)OCO3)CC1. The van der Waals surface area contributed by atoms with Gasteiger partial charge in [0, 0.05) is 53.0 Å². The van der Waals surface area contributed by atoms with Gasteiger partial charge in [0.25, 0.3) is 0 Å². The third-order valence-electron chi connectivity index (χ3n) is 4.73. The molecule has 1 aromatic rings. The van der Waals surface area contributed by atoms with Crippen molar-refractivity contribution >= 4 is 11.8 Å². The Balaban J connectivity index is 1.38. The fourth-order valence-corrected chi connectivity index (χ4v) is 3.21. The number of benzene rings is 1. The number of amides is 2. The monoisotopic (exact) mass is 377 g/mol. The van der Waals surface area contributed by atoms with Crippen LogP contribution < -0.4 is 14.8 Å². The first-order valence-corrected chi connectivity index (χ1v) is 9.30. The summed E-state index contributed by atoms with van der Waals surface area (Å²) in [6.45, 7) is 5.06. The van der Waals surface area contributed by atoms with E-state index in [9.17, 15) is 9.59 Å². The highest BCUT2D eigenvalue weighted by Gasteiger charge is 2.23. The number of carbonyl (C=O) groups excluding carboxylic acids is 2. The van der Waals surface area contributed by atoms with Crippen LogP contribution in [0.1, 0.15) is 18.4 Å². The average Bonchev–Trinajstić information content (AvgIpc) is 3.13. The van der Waals surface area contributed by atoms with Crippen LogP contribution in [-0.2, 0) is 20.9 Å². The molecule has 0 bridgehead atoms. The van der Waals surface area contributed by atoms with E-state index in [0.717, 1.165) is 43.1 Å². The molecule has 2 aliphatic heterocycles. The summed E-state index contributed by atoms with van der Waals surface area (Å²) in [5, 5.41) is 2.75. The van der Waals surface area contributed by atoms with Crippen molar-refractivity contribution in [2.45, 2.75) is 19.4 Å². The van der Waals surface area contributed by atoms with Crippen LogP contribution in [0.3, 0.4) is 0 Å². The predicted octanol–water partition coefficient (Wildman–Crippen LogP) is 0.602. The maximum absolute atomic E-state index is 12.3. The summed E-state index contributed by atoms with van der Waals surface area (Å²) in [6.07, 6.45) is 0.657. The molecule has 27 heavy (non-hydrogen) atoms. The van der Waals surface area contributed by atoms with Gasteiger partial charge < -0.3 is 24.4 Å². The molecule has 2 amide bonds. The smallest absolute Gasteiger partial charge is 0.232 e. The summed E-state index contributed by atoms with van der Waals surface area (Å²) in [5.74, 6) is 1.24. The number of ether oxygens (including phenoxy) is 3. The van der Waals surface area contributed by atoms with Crippen LogP contribution in [0.4, 0.5) is 0 Å². The highest BCUT2D eigenvalue weighted by molar-refractivity contribution is 5.96. The second-order valence-corrected chi connectivity index (χ2v) is 6.72. The van der Waals surface area contributed by atoms with Crippen LogP contribution in [0.5, 0.6) is 11.5 Å². The minimum atomic E-state index is -0.223. The third-order valence-corrected chi connectivity index (χ3v) is 4.73. The van der Waals surface area contributed by atoms with E-state index in [1.807, 2.05) is 18.2 Å². The second-order valence-electron chi connectivity index (χ2n) is 6.72. The molecule has 0 spiro atoms. The highest BCUT2D eigenvalue weighted by atomic mass is 16.7. The van der Waals surface area contributed by atoms with Gasteiger partial charge in [0.1, 0.15) is 6.42 Å². The van der Waals surface area contributed by atoms with E-state index >= 15 is 0 Å². The zero-order valence-electron chi connectivity index (χ0n) is 15.7. The molecule has 1 aromatic carbocycles. The van der Waals surface area contributed by atoms with Crippen molar-refractivity contribution in [1.82, 2.24) is 15.1 Å². The fraction of sp³-hybridized carbons (Fsp3) is 0.579. The van der Waals surface area contributed by atoms with Gasteiger partial charge in [-0.15, -0.1) is 0 Å². The minimum Gasteiger partial charge on any atom is -0.454 e. The number of hydrogen-bond donors (Lipinski definition) is 1. The van der Waals surface area contributed by atoms with Gasteiger partial charge in [-0.1, -0.05) is 6.07 Å². The Morgan fingerprint density at radius 3 is 2.70 bits per heavy atom. The number of fused-ring (bicyclic) bond motifs is 1. The van der Waals surface area contributed by atoms with Gasteiger partial charge in [-0.05, 0) is 24.1 Å². The van der Waals surface area contributed by atoms with Crippen molar-refractivity contribution in [2.75, 3.05) is 53.2 Å². The van der Waals surface area contributed by atoms with E-state index in [1.54, 1.807) is 12.0 Å². The Bertz CT molecular complexity index is 659. The quantitative estimate of drug-likeness (QED) is 0.528. The molecule has 2 heterocycles. The first kappa shape index (κ1) is 19.4. The number of methoxy groups -OCH3 is 1. The molecule has 0 aromatic heterocycles. The molecule has 2 aliphatic rings. The van der Waals surface area contributed by atoms with Crippen LogP contribution in [-0.4, -0.2) is 74.8 Å². The van der Waals surface area contributed by atoms with E-state index in [4.69, 9.17) is 14.2 Å². The number of hydrogen-bond acceptors (Lipinski definition) is 6. The summed E-state index contributed by atoms with van der Waals surface area (Å²) in [5.41, 5.74) is 1.16. The number of nitrogens with zero attached hydrogens (tertiary/aromatic N) is 2. The topological polar surface area (TPSA) is 80.3 Å². The minimum absolute atomic E-state index is 0.0882. The van der Waals surface area contributed by atoms with Crippen molar-refractivity contribution in [2.24, 2.45) is 0 Å². The zero-order chi connectivity index (χ0) is 19.1. The normalized spacial score (nSPS) is 16.4. The Labute approximate surface area is 159 Å². The molecule has 148 valence electrons. The molecular formula is C19H27N3O5. The maximum atomic E-state index is 12.3. The lowest BCUT2D eigenvalue weighted by Crippen LogP contribution is -2.49. The number of rotatable bonds is 8. The summed E-state index contributed by atoms with van der Waals surface area (Å²) >= 11 is 0. The Hall–Kier alpha value is -2.32. The molecule has 8 nitrogen and oxygen atoms in total. The van der Waals surface area contributed by atoms with Crippen molar-refractivity contribution in [3.8, 4) is 11.5 Å². The van der Waals surface area contributed by atoms with Crippen LogP contribution in [0.25, 0.3) is 0 Å². The molecule has 0 atom stereocenters. The van der Waals surface area contributed by atoms with Gasteiger partial charge in [-0.2, -0.15) is 0 Å². The van der Waals surface area contributed by atoms with Gasteiger partial charge in [-0.3, -0.25) is 14.5 Å². The fourth-order valence-electron chi connectivity index (χ4n) is 3.21. The molecule has 0 unspecified atom stereocenters. The number of carbonyl (C=O) groups is 2. The van der Waals surface area contributed by atoms with E-state index in [-0.39, 0.29) is 25.0 Å². The lowest BCUT2D eigenvalue weighted by atomic mass is 10.1. The maximum Gasteiger partial charge on any atom is 0.232 e. The first-order chi connectivity index (χ1) is 13.2. The van der Waals surface area contributed by atoms with Crippen LogP contribution in [0, 0.1) is 0 Å². The van der Waals surface area contributed by atoms with E-state index in [0.29, 0.717) is 26.2 Å². The Kier molecular flexibility index (Phi) is 6.89. The first-order valence-electron chi connectivity index (χ1n) is 9.30. The average molecular weight is 377 g/mol. The third kappa shape index (κ3) is 5.58. The number of nitrogens with one attached hydrogen (secondary N) is 1. The molecule has 3 rings (SSSR count). The Morgan fingerprint density at radius 2 is 1.93 bits per heavy atom. The van der Waals surface area contributed by atoms with Gasteiger partial charge in [0.05, 0.1) is 0 Å². The van der Waals surface area contributed by atoms with Crippen LogP contribution in [0.15, 0.2) is 18.2 Å². The molecular weight excluding hydrogens is 350 g/mol. The summed E-state index contributed by atoms with van der Waals surface area (Å²) in [6, 6.07) is 5.98. The summed E-state index contributed by atoms with van der Waals surface area (Å²) in [7, 11) is 1.62. The zero-order valence-corrected chi connectivity index (χ0v) is 15.7. The lowest BCUT2D eigenvalue weighted by molar-refractivity contribution is -0.137. The standard InChI is InChI=1S/C19H27N3O5/c1-25-10-2-5-20-18(23)12-19(24)22-8-6-21(7-9-22)13-15-3-4-16-17(11-15)27-14-26-16/h3-4,11H,2,5-10,12-14H2,1H3,(H,20,23). The largest absolute Gasteiger partial charge is 0.454 e. The van der Waals surface area contributed by atoms with Crippen molar-refractivity contribution < 1.29 is 23.8 Å². The number of piperazine rings is 1. The molecule has 1 N–H and O–H groups in total. The van der Waals surface area contributed by atoms with Crippen LogP contribution in [0.2, 0.25) is 0 Å². The Morgan fingerprint density at radius 1 is 1.15 bits per heavy atom. The van der Waals surface area contributed by atoms with Crippen LogP contribution >= 0.6 is 0 Å². The lowest BCUT2D eigenvalue weighted by Gasteiger charge is -2.34. The van der Waals surface area contributed by atoms with Gasteiger partial charge >= 0.3 is 0 Å². The van der Waals surface area contributed by atoms with E-state index < -0.39 is 0 Å². The summed E-state index contributed by atoms with van der Waals surface area (Å²) < 4.78 is 15.7. The van der Waals surface area contributed by atoms with E-state index in [2.05, 4.69) is 10.2 Å². The van der Waals surface area contributed by atoms with Gasteiger partial charge in [0.2, 0.25) is 18.6 Å². The van der Waals surface area contributed by atoms with Crippen molar-refractivity contribution in [3.05, 3.63) is 23.8 Å². The molecule has 0 radical (unpaired) electrons. The molecule has 1 fully saturated rings.